The van der Waals surface area contributed by atoms with Crippen LogP contribution in [0.1, 0.15) is 27.4 Å². The molecule has 138 valence electrons. The molecule has 0 saturated heterocycles. The lowest BCUT2D eigenvalue weighted by atomic mass is 9.78. The number of thioether (sulfide) groups is 1. The molecule has 2 aromatic rings. The van der Waals surface area contributed by atoms with E-state index in [1.807, 2.05) is 24.3 Å². The number of nitriles is 1. The molecule has 0 fully saturated rings. The number of hydrogen-bond acceptors (Lipinski definition) is 5. The summed E-state index contributed by atoms with van der Waals surface area (Å²) in [6.07, 6.45) is 0. The molecule has 2 aromatic carbocycles. The van der Waals surface area contributed by atoms with Gasteiger partial charge in [0, 0.05) is 27.6 Å². The van der Waals surface area contributed by atoms with Crippen molar-refractivity contribution in [2.45, 2.75) is 5.92 Å². The molecule has 7 heteroatoms. The quantitative estimate of drug-likeness (QED) is 0.836. The van der Waals surface area contributed by atoms with Crippen LogP contribution in [0, 0.1) is 17.2 Å². The summed E-state index contributed by atoms with van der Waals surface area (Å²) in [6.45, 7) is 0. The van der Waals surface area contributed by atoms with E-state index in [0.717, 1.165) is 22.9 Å². The number of fused-ring (bicyclic) bond motifs is 2. The van der Waals surface area contributed by atoms with Gasteiger partial charge in [0.05, 0.1) is 22.6 Å². The molecule has 0 bridgehead atoms. The summed E-state index contributed by atoms with van der Waals surface area (Å²) in [4.78, 5) is 29.1. The van der Waals surface area contributed by atoms with E-state index < -0.39 is 17.7 Å². The van der Waals surface area contributed by atoms with Crippen LogP contribution in [0.3, 0.4) is 0 Å². The average Bonchev–Trinajstić information content (AvgIpc) is 2.98. The van der Waals surface area contributed by atoms with Gasteiger partial charge in [-0.1, -0.05) is 59.8 Å². The molecule has 2 N–H and O–H groups in total. The number of ketones is 1. The van der Waals surface area contributed by atoms with Crippen molar-refractivity contribution in [3.63, 3.8) is 0 Å². The van der Waals surface area contributed by atoms with E-state index in [2.05, 4.69) is 11.1 Å². The zero-order valence-corrected chi connectivity index (χ0v) is 16.1. The maximum Gasteiger partial charge on any atom is 0.227 e. The second-order valence-electron chi connectivity index (χ2n) is 6.48. The zero-order valence-electron chi connectivity index (χ0n) is 14.6. The van der Waals surface area contributed by atoms with Crippen molar-refractivity contribution in [3.8, 4) is 6.07 Å². The van der Waals surface area contributed by atoms with Crippen molar-refractivity contribution >= 4 is 45.8 Å². The molecular weight excluding hydrogens is 394 g/mol. The molecular formula is C21H14ClN3O2S. The first-order chi connectivity index (χ1) is 13.5. The van der Waals surface area contributed by atoms with Gasteiger partial charge < -0.3 is 5.73 Å². The van der Waals surface area contributed by atoms with Gasteiger partial charge in [0.15, 0.2) is 5.78 Å². The first-order valence-corrected chi connectivity index (χ1v) is 9.90. The van der Waals surface area contributed by atoms with Crippen molar-refractivity contribution in [3.05, 3.63) is 75.8 Å². The molecule has 0 radical (unpaired) electrons. The van der Waals surface area contributed by atoms with Gasteiger partial charge >= 0.3 is 0 Å². The highest BCUT2D eigenvalue weighted by Gasteiger charge is 2.44. The lowest BCUT2D eigenvalue weighted by Gasteiger charge is -2.28. The third-order valence-corrected chi connectivity index (χ3v) is 6.11. The van der Waals surface area contributed by atoms with Crippen molar-refractivity contribution in [1.29, 1.82) is 5.26 Å². The van der Waals surface area contributed by atoms with E-state index in [9.17, 15) is 14.9 Å². The van der Waals surface area contributed by atoms with Crippen molar-refractivity contribution in [2.24, 2.45) is 16.6 Å². The van der Waals surface area contributed by atoms with E-state index >= 15 is 0 Å². The Morgan fingerprint density at radius 1 is 1.18 bits per heavy atom. The SMILES string of the molecule is N#CC1C(SCC(N)=O)=NC2=C(C(=O)c3ccccc32)C1c1ccc(Cl)cc1. The maximum atomic E-state index is 13.2. The van der Waals surface area contributed by atoms with Gasteiger partial charge in [-0.2, -0.15) is 5.26 Å². The topological polar surface area (TPSA) is 96.3 Å². The Balaban J connectivity index is 1.90. The molecule has 4 rings (SSSR count). The van der Waals surface area contributed by atoms with Crippen LogP contribution in [0.4, 0.5) is 0 Å². The van der Waals surface area contributed by atoms with E-state index in [1.165, 1.54) is 0 Å². The number of allylic oxidation sites excluding steroid dienone is 1. The Bertz CT molecular complexity index is 1100. The van der Waals surface area contributed by atoms with Crippen LogP contribution in [0.15, 0.2) is 59.1 Å². The maximum absolute atomic E-state index is 13.2. The molecule has 2 aliphatic rings. The third-order valence-electron chi connectivity index (χ3n) is 4.79. The van der Waals surface area contributed by atoms with Crippen LogP contribution >= 0.6 is 23.4 Å². The number of aliphatic imine (C=N–C) groups is 1. The number of amides is 1. The molecule has 0 aromatic heterocycles. The van der Waals surface area contributed by atoms with Crippen molar-refractivity contribution < 1.29 is 9.59 Å². The molecule has 0 spiro atoms. The monoisotopic (exact) mass is 407 g/mol. The predicted octanol–water partition coefficient (Wildman–Crippen LogP) is 3.80. The molecule has 28 heavy (non-hydrogen) atoms. The molecule has 1 amide bonds. The minimum absolute atomic E-state index is 0.0164. The third kappa shape index (κ3) is 3.03. The molecule has 0 saturated carbocycles. The summed E-state index contributed by atoms with van der Waals surface area (Å²) in [7, 11) is 0. The normalized spacial score (nSPS) is 20.3. The number of primary amides is 1. The fourth-order valence-electron chi connectivity index (χ4n) is 3.61. The molecule has 1 heterocycles. The minimum Gasteiger partial charge on any atom is -0.369 e. The van der Waals surface area contributed by atoms with Gasteiger partial charge in [-0.3, -0.25) is 9.59 Å². The highest BCUT2D eigenvalue weighted by atomic mass is 35.5. The lowest BCUT2D eigenvalue weighted by molar-refractivity contribution is -0.115. The summed E-state index contributed by atoms with van der Waals surface area (Å²) in [5.41, 5.74) is 8.49. The van der Waals surface area contributed by atoms with Gasteiger partial charge in [-0.25, -0.2) is 4.99 Å². The highest BCUT2D eigenvalue weighted by molar-refractivity contribution is 8.14. The molecule has 2 unspecified atom stereocenters. The Labute approximate surface area is 170 Å². The number of nitrogens with two attached hydrogens (primary N) is 1. The van der Waals surface area contributed by atoms with Crippen LogP contribution in [-0.2, 0) is 4.79 Å². The fraction of sp³-hybridized carbons (Fsp3) is 0.143. The number of benzene rings is 2. The van der Waals surface area contributed by atoms with Gasteiger partial charge in [-0.15, -0.1) is 0 Å². The Morgan fingerprint density at radius 3 is 2.50 bits per heavy atom. The lowest BCUT2D eigenvalue weighted by Crippen LogP contribution is -2.27. The first-order valence-electron chi connectivity index (χ1n) is 8.54. The van der Waals surface area contributed by atoms with Crippen LogP contribution < -0.4 is 5.73 Å². The van der Waals surface area contributed by atoms with Gasteiger partial charge in [0.25, 0.3) is 0 Å². The number of halogens is 1. The van der Waals surface area contributed by atoms with Crippen LogP contribution in [-0.4, -0.2) is 22.5 Å². The molecule has 2 atom stereocenters. The zero-order chi connectivity index (χ0) is 19.8. The second kappa shape index (κ2) is 7.27. The molecule has 1 aliphatic heterocycles. The Hall–Kier alpha value is -2.88. The van der Waals surface area contributed by atoms with Gasteiger partial charge in [0.1, 0.15) is 5.92 Å². The Kier molecular flexibility index (Phi) is 4.80. The van der Waals surface area contributed by atoms with Crippen molar-refractivity contribution in [2.75, 3.05) is 5.75 Å². The van der Waals surface area contributed by atoms with E-state index in [4.69, 9.17) is 17.3 Å². The molecule has 5 nitrogen and oxygen atoms in total. The first kappa shape index (κ1) is 18.5. The second-order valence-corrected chi connectivity index (χ2v) is 7.91. The summed E-state index contributed by atoms with van der Waals surface area (Å²) in [5, 5.41) is 11.0. The summed E-state index contributed by atoms with van der Waals surface area (Å²) >= 11 is 7.17. The number of nitrogens with zero attached hydrogens (tertiary/aromatic N) is 2. The standard InChI is InChI=1S/C21H14ClN3O2S/c22-12-7-5-11(6-8-12)17-15(9-23)21(28-10-16(24)26)25-19-13-3-1-2-4-14(13)20(27)18(17)19/h1-8,15,17H,10H2,(H2,24,26). The number of Topliss-reactive ketones (excluding diaryl/α,β-unsaturated/α-hetero) is 1. The van der Waals surface area contributed by atoms with Crippen LogP contribution in [0.25, 0.3) is 5.70 Å². The van der Waals surface area contributed by atoms with Crippen LogP contribution in [0.2, 0.25) is 5.02 Å². The van der Waals surface area contributed by atoms with Gasteiger partial charge in [-0.05, 0) is 17.7 Å². The number of carbonyl (C=O) groups is 2. The highest BCUT2D eigenvalue weighted by Crippen LogP contribution is 2.49. The predicted molar refractivity (Wildman–Crippen MR) is 110 cm³/mol. The summed E-state index contributed by atoms with van der Waals surface area (Å²) < 4.78 is 0. The molecule has 1 aliphatic carbocycles. The number of hydrogen-bond donors (Lipinski definition) is 1. The van der Waals surface area contributed by atoms with Crippen LogP contribution in [0.5, 0.6) is 0 Å². The minimum atomic E-state index is -0.692. The van der Waals surface area contributed by atoms with Gasteiger partial charge in [0.2, 0.25) is 5.91 Å². The number of rotatable bonds is 3. The average molecular weight is 408 g/mol. The van der Waals surface area contributed by atoms with E-state index in [-0.39, 0.29) is 11.5 Å². The largest absolute Gasteiger partial charge is 0.369 e. The summed E-state index contributed by atoms with van der Waals surface area (Å²) in [5.74, 6) is -1.78. The smallest absolute Gasteiger partial charge is 0.227 e. The Morgan fingerprint density at radius 2 is 1.86 bits per heavy atom. The van der Waals surface area contributed by atoms with E-state index in [1.54, 1.807) is 24.3 Å². The van der Waals surface area contributed by atoms with E-state index in [0.29, 0.717) is 26.9 Å². The van der Waals surface area contributed by atoms with Crippen molar-refractivity contribution in [1.82, 2.24) is 0 Å². The number of carbonyl (C=O) groups excluding carboxylic acids is 2. The fourth-order valence-corrected chi connectivity index (χ4v) is 4.55. The summed E-state index contributed by atoms with van der Waals surface area (Å²) in [6, 6.07) is 16.7.